The maximum atomic E-state index is 13.4. The largest absolute Gasteiger partial charge is 0.343 e. The molecule has 1 aliphatic carbocycles. The minimum absolute atomic E-state index is 0.133. The predicted molar refractivity (Wildman–Crippen MR) is 124 cm³/mol. The molecule has 7 nitrogen and oxygen atoms in total. The Bertz CT molecular complexity index is 1060. The lowest BCUT2D eigenvalue weighted by Gasteiger charge is -2.37. The van der Waals surface area contributed by atoms with Crippen LogP contribution in [0.15, 0.2) is 49.2 Å². The number of carbonyl (C=O) groups is 1. The molecule has 1 amide bonds. The molecule has 3 aromatic rings. The van der Waals surface area contributed by atoms with Gasteiger partial charge in [-0.05, 0) is 50.8 Å². The third-order valence-electron chi connectivity index (χ3n) is 6.50. The molecular formula is C25H30N6O. The van der Waals surface area contributed by atoms with Gasteiger partial charge in [-0.3, -0.25) is 14.7 Å². The average Bonchev–Trinajstić information content (AvgIpc) is 3.56. The molecule has 0 bridgehead atoms. The quantitative estimate of drug-likeness (QED) is 0.598. The summed E-state index contributed by atoms with van der Waals surface area (Å²) in [4.78, 5) is 31.1. The van der Waals surface area contributed by atoms with Crippen LogP contribution in [0.4, 0.5) is 0 Å². The van der Waals surface area contributed by atoms with Crippen LogP contribution in [0.3, 0.4) is 0 Å². The lowest BCUT2D eigenvalue weighted by molar-refractivity contribution is 0.0585. The second-order valence-electron chi connectivity index (χ2n) is 9.17. The molecule has 0 spiro atoms. The number of rotatable bonds is 6. The van der Waals surface area contributed by atoms with Gasteiger partial charge < -0.3 is 9.47 Å². The van der Waals surface area contributed by atoms with Crippen LogP contribution in [-0.2, 0) is 6.54 Å². The summed E-state index contributed by atoms with van der Waals surface area (Å²) in [6, 6.07) is 6.36. The number of amides is 1. The standard InChI is InChI=1S/C25H30N6O/c1-18(2)29-8-10-30(11-9-29)25(32)23-12-21(17-31(23)16-19-5-6-19)22-14-27-24(28-15-22)20-4-3-7-26-13-20/h3-4,7,12-15,17-19H,5-6,8-11,16H2,1-2H3. The van der Waals surface area contributed by atoms with Gasteiger partial charge in [-0.2, -0.15) is 0 Å². The number of piperazine rings is 1. The van der Waals surface area contributed by atoms with Crippen LogP contribution in [0.5, 0.6) is 0 Å². The number of hydrogen-bond donors (Lipinski definition) is 0. The van der Waals surface area contributed by atoms with Crippen molar-refractivity contribution in [1.82, 2.24) is 29.3 Å². The zero-order valence-electron chi connectivity index (χ0n) is 18.8. The molecule has 166 valence electrons. The van der Waals surface area contributed by atoms with E-state index in [-0.39, 0.29) is 5.91 Å². The number of hydrogen-bond acceptors (Lipinski definition) is 5. The van der Waals surface area contributed by atoms with Crippen molar-refractivity contribution in [2.45, 2.75) is 39.3 Å². The SMILES string of the molecule is CC(C)N1CCN(C(=O)c2cc(-c3cnc(-c4cccnc4)nc3)cn2CC2CC2)CC1. The number of aromatic nitrogens is 4. The summed E-state index contributed by atoms with van der Waals surface area (Å²) in [7, 11) is 0. The summed E-state index contributed by atoms with van der Waals surface area (Å²) in [5.74, 6) is 1.47. The number of carbonyl (C=O) groups excluding carboxylic acids is 1. The van der Waals surface area contributed by atoms with E-state index in [1.165, 1.54) is 12.8 Å². The fraction of sp³-hybridized carbons (Fsp3) is 0.440. The van der Waals surface area contributed by atoms with Gasteiger partial charge in [0, 0.05) is 86.4 Å². The fourth-order valence-electron chi connectivity index (χ4n) is 4.30. The lowest BCUT2D eigenvalue weighted by Crippen LogP contribution is -2.51. The van der Waals surface area contributed by atoms with Crippen molar-refractivity contribution in [1.29, 1.82) is 0 Å². The van der Waals surface area contributed by atoms with Crippen LogP contribution >= 0.6 is 0 Å². The molecule has 0 unspecified atom stereocenters. The lowest BCUT2D eigenvalue weighted by atomic mass is 10.1. The second-order valence-corrected chi connectivity index (χ2v) is 9.17. The van der Waals surface area contributed by atoms with Crippen LogP contribution in [-0.4, -0.2) is 67.4 Å². The topological polar surface area (TPSA) is 67.2 Å². The normalized spacial score (nSPS) is 17.2. The highest BCUT2D eigenvalue weighted by Crippen LogP contribution is 2.33. The molecule has 3 aromatic heterocycles. The Balaban J connectivity index is 1.38. The molecule has 1 aliphatic heterocycles. The van der Waals surface area contributed by atoms with Crippen LogP contribution in [0.2, 0.25) is 0 Å². The Morgan fingerprint density at radius 2 is 1.78 bits per heavy atom. The smallest absolute Gasteiger partial charge is 0.270 e. The van der Waals surface area contributed by atoms with Crippen molar-refractivity contribution < 1.29 is 4.79 Å². The Morgan fingerprint density at radius 3 is 2.41 bits per heavy atom. The van der Waals surface area contributed by atoms with Gasteiger partial charge in [-0.1, -0.05) is 0 Å². The number of nitrogens with zero attached hydrogens (tertiary/aromatic N) is 6. The van der Waals surface area contributed by atoms with Crippen molar-refractivity contribution in [3.63, 3.8) is 0 Å². The highest BCUT2D eigenvalue weighted by atomic mass is 16.2. The molecule has 2 aliphatic rings. The maximum Gasteiger partial charge on any atom is 0.270 e. The van der Waals surface area contributed by atoms with Crippen molar-refractivity contribution in [3.05, 3.63) is 54.9 Å². The van der Waals surface area contributed by atoms with Gasteiger partial charge in [0.05, 0.1) is 0 Å². The van der Waals surface area contributed by atoms with Crippen molar-refractivity contribution in [3.8, 4) is 22.5 Å². The first-order valence-electron chi connectivity index (χ1n) is 11.5. The highest BCUT2D eigenvalue weighted by molar-refractivity contribution is 5.94. The van der Waals surface area contributed by atoms with E-state index in [4.69, 9.17) is 0 Å². The van der Waals surface area contributed by atoms with Gasteiger partial charge >= 0.3 is 0 Å². The Kier molecular flexibility index (Phi) is 5.74. The first-order valence-corrected chi connectivity index (χ1v) is 11.5. The van der Waals surface area contributed by atoms with Gasteiger partial charge in [-0.25, -0.2) is 9.97 Å². The first kappa shape index (κ1) is 20.8. The summed E-state index contributed by atoms with van der Waals surface area (Å²) in [6.45, 7) is 8.76. The Labute approximate surface area is 189 Å². The van der Waals surface area contributed by atoms with Gasteiger partial charge in [0.2, 0.25) is 0 Å². The van der Waals surface area contributed by atoms with E-state index in [1.54, 1.807) is 12.4 Å². The van der Waals surface area contributed by atoms with E-state index < -0.39 is 0 Å². The van der Waals surface area contributed by atoms with Gasteiger partial charge in [-0.15, -0.1) is 0 Å². The molecule has 4 heterocycles. The first-order chi connectivity index (χ1) is 15.6. The minimum atomic E-state index is 0.133. The van der Waals surface area contributed by atoms with Gasteiger partial charge in [0.15, 0.2) is 5.82 Å². The Hall–Kier alpha value is -3.06. The molecular weight excluding hydrogens is 400 g/mol. The highest BCUT2D eigenvalue weighted by Gasteiger charge is 2.28. The van der Waals surface area contributed by atoms with E-state index in [2.05, 4.69) is 44.5 Å². The third kappa shape index (κ3) is 4.43. The molecule has 32 heavy (non-hydrogen) atoms. The summed E-state index contributed by atoms with van der Waals surface area (Å²) in [5, 5.41) is 0. The molecule has 7 heteroatoms. The molecule has 1 saturated heterocycles. The van der Waals surface area contributed by atoms with Crippen LogP contribution in [0.25, 0.3) is 22.5 Å². The zero-order chi connectivity index (χ0) is 22.1. The summed E-state index contributed by atoms with van der Waals surface area (Å²) in [5.41, 5.74) is 3.58. The van der Waals surface area contributed by atoms with E-state index >= 15 is 0 Å². The van der Waals surface area contributed by atoms with Gasteiger partial charge in [0.1, 0.15) is 5.69 Å². The monoisotopic (exact) mass is 430 g/mol. The summed E-state index contributed by atoms with van der Waals surface area (Å²) in [6.07, 6.45) is 11.8. The molecule has 0 atom stereocenters. The summed E-state index contributed by atoms with van der Waals surface area (Å²) >= 11 is 0. The van der Waals surface area contributed by atoms with Crippen molar-refractivity contribution in [2.24, 2.45) is 5.92 Å². The van der Waals surface area contributed by atoms with Gasteiger partial charge in [0.25, 0.3) is 5.91 Å². The fourth-order valence-corrected chi connectivity index (χ4v) is 4.30. The van der Waals surface area contributed by atoms with E-state index in [0.29, 0.717) is 17.8 Å². The van der Waals surface area contributed by atoms with E-state index in [0.717, 1.165) is 55.1 Å². The number of pyridine rings is 1. The van der Waals surface area contributed by atoms with Crippen molar-refractivity contribution >= 4 is 5.91 Å². The molecule has 1 saturated carbocycles. The zero-order valence-corrected chi connectivity index (χ0v) is 18.8. The van der Waals surface area contributed by atoms with Crippen LogP contribution in [0, 0.1) is 5.92 Å². The summed E-state index contributed by atoms with van der Waals surface area (Å²) < 4.78 is 2.15. The van der Waals surface area contributed by atoms with E-state index in [9.17, 15) is 4.79 Å². The molecule has 2 fully saturated rings. The van der Waals surface area contributed by atoms with Crippen LogP contribution in [0.1, 0.15) is 37.2 Å². The maximum absolute atomic E-state index is 13.4. The second kappa shape index (κ2) is 8.82. The van der Waals surface area contributed by atoms with Crippen molar-refractivity contribution in [2.75, 3.05) is 26.2 Å². The third-order valence-corrected chi connectivity index (χ3v) is 6.50. The minimum Gasteiger partial charge on any atom is -0.343 e. The molecule has 0 radical (unpaired) electrons. The van der Waals surface area contributed by atoms with E-state index in [1.807, 2.05) is 35.5 Å². The molecule has 0 N–H and O–H groups in total. The average molecular weight is 431 g/mol. The Morgan fingerprint density at radius 1 is 1.03 bits per heavy atom. The predicted octanol–water partition coefficient (Wildman–Crippen LogP) is 3.58. The molecule has 5 rings (SSSR count). The van der Waals surface area contributed by atoms with Crippen LogP contribution < -0.4 is 0 Å². The molecule has 0 aromatic carbocycles.